The molecule has 1 amide bonds. The number of benzene rings is 1. The maximum Gasteiger partial charge on any atom is 0.267 e. The molecule has 1 aliphatic rings. The number of rotatable bonds is 4. The fourth-order valence-electron chi connectivity index (χ4n) is 4.07. The molecule has 1 atom stereocenters. The molecule has 3 aromatic heterocycles. The monoisotopic (exact) mass is 417 g/mol. The topological polar surface area (TPSA) is 98.2 Å². The van der Waals surface area contributed by atoms with Crippen LogP contribution in [0.5, 0.6) is 0 Å². The van der Waals surface area contributed by atoms with E-state index in [0.29, 0.717) is 30.4 Å². The van der Waals surface area contributed by atoms with Crippen molar-refractivity contribution in [1.29, 1.82) is 0 Å². The lowest BCUT2D eigenvalue weighted by molar-refractivity contribution is -0.131. The van der Waals surface area contributed by atoms with Crippen LogP contribution >= 0.6 is 0 Å². The Bertz CT molecular complexity index is 1230. The summed E-state index contributed by atoms with van der Waals surface area (Å²) in [5, 5.41) is 9.32. The van der Waals surface area contributed by atoms with Crippen molar-refractivity contribution in [2.45, 2.75) is 39.0 Å². The standard InChI is InChI=1S/C23H23N5O3/c1-14-8-18-17(13-30-20(18)9-15(14)2)10-21(29)28-7-3-4-16(12-28)22-26-27-23(31-22)19-11-24-5-6-25-19/h5-6,8-9,11,13,16H,3-4,7,10,12H2,1-2H3. The fourth-order valence-corrected chi connectivity index (χ4v) is 4.07. The number of aromatic nitrogens is 4. The molecule has 5 rings (SSSR count). The summed E-state index contributed by atoms with van der Waals surface area (Å²) in [5.41, 5.74) is 4.66. The third-order valence-corrected chi connectivity index (χ3v) is 5.96. The Kier molecular flexibility index (Phi) is 4.97. The van der Waals surface area contributed by atoms with Crippen LogP contribution < -0.4 is 0 Å². The Balaban J connectivity index is 1.30. The second-order valence-corrected chi connectivity index (χ2v) is 8.09. The van der Waals surface area contributed by atoms with Crippen LogP contribution in [0.3, 0.4) is 0 Å². The quantitative estimate of drug-likeness (QED) is 0.497. The molecule has 0 saturated carbocycles. The number of fused-ring (bicyclic) bond motifs is 1. The van der Waals surface area contributed by atoms with E-state index in [4.69, 9.17) is 8.83 Å². The van der Waals surface area contributed by atoms with Gasteiger partial charge in [0, 0.05) is 36.4 Å². The average molecular weight is 417 g/mol. The normalized spacial score (nSPS) is 16.7. The summed E-state index contributed by atoms with van der Waals surface area (Å²) in [6.45, 7) is 5.43. The van der Waals surface area contributed by atoms with Gasteiger partial charge in [-0.25, -0.2) is 4.98 Å². The summed E-state index contributed by atoms with van der Waals surface area (Å²) in [5.74, 6) is 0.987. The second kappa shape index (κ2) is 7.94. The smallest absolute Gasteiger partial charge is 0.267 e. The molecule has 1 fully saturated rings. The van der Waals surface area contributed by atoms with E-state index in [1.165, 1.54) is 11.1 Å². The molecule has 1 unspecified atom stereocenters. The van der Waals surface area contributed by atoms with Crippen LogP contribution in [-0.4, -0.2) is 44.1 Å². The molecule has 1 saturated heterocycles. The Morgan fingerprint density at radius 1 is 1.19 bits per heavy atom. The zero-order chi connectivity index (χ0) is 21.4. The summed E-state index contributed by atoms with van der Waals surface area (Å²) < 4.78 is 11.5. The van der Waals surface area contributed by atoms with Crippen molar-refractivity contribution in [2.24, 2.45) is 0 Å². The van der Waals surface area contributed by atoms with Crippen LogP contribution in [0.15, 0.2) is 45.8 Å². The molecule has 1 aromatic carbocycles. The summed E-state index contributed by atoms with van der Waals surface area (Å²) in [6, 6.07) is 4.13. The van der Waals surface area contributed by atoms with E-state index < -0.39 is 0 Å². The minimum Gasteiger partial charge on any atom is -0.464 e. The Morgan fingerprint density at radius 2 is 2.06 bits per heavy atom. The van der Waals surface area contributed by atoms with Crippen molar-refractivity contribution in [1.82, 2.24) is 25.1 Å². The van der Waals surface area contributed by atoms with Crippen LogP contribution in [0.1, 0.15) is 41.3 Å². The van der Waals surface area contributed by atoms with Gasteiger partial charge in [-0.05, 0) is 49.9 Å². The van der Waals surface area contributed by atoms with Gasteiger partial charge in [0.05, 0.1) is 24.8 Å². The average Bonchev–Trinajstić information content (AvgIpc) is 3.43. The number of hydrogen-bond donors (Lipinski definition) is 0. The van der Waals surface area contributed by atoms with Crippen molar-refractivity contribution in [3.05, 3.63) is 59.6 Å². The molecule has 4 heterocycles. The number of amides is 1. The van der Waals surface area contributed by atoms with Gasteiger partial charge in [0.1, 0.15) is 11.3 Å². The number of piperidine rings is 1. The number of hydrogen-bond acceptors (Lipinski definition) is 7. The molecule has 158 valence electrons. The number of aryl methyl sites for hydroxylation is 2. The van der Waals surface area contributed by atoms with Crippen molar-refractivity contribution in [2.75, 3.05) is 13.1 Å². The summed E-state index contributed by atoms with van der Waals surface area (Å²) in [7, 11) is 0. The number of nitrogens with zero attached hydrogens (tertiary/aromatic N) is 5. The van der Waals surface area contributed by atoms with E-state index in [-0.39, 0.29) is 11.8 Å². The van der Waals surface area contributed by atoms with Crippen LogP contribution in [0.25, 0.3) is 22.6 Å². The Morgan fingerprint density at radius 3 is 2.90 bits per heavy atom. The predicted molar refractivity (Wildman–Crippen MR) is 113 cm³/mol. The molecule has 0 N–H and O–H groups in total. The number of carbonyl (C=O) groups excluding carboxylic acids is 1. The third-order valence-electron chi connectivity index (χ3n) is 5.96. The Labute approximate surface area is 179 Å². The van der Waals surface area contributed by atoms with Gasteiger partial charge in [0.2, 0.25) is 11.8 Å². The van der Waals surface area contributed by atoms with Crippen LogP contribution in [-0.2, 0) is 11.2 Å². The van der Waals surface area contributed by atoms with Gasteiger partial charge in [-0.2, -0.15) is 0 Å². The van der Waals surface area contributed by atoms with Crippen molar-refractivity contribution in [3.63, 3.8) is 0 Å². The van der Waals surface area contributed by atoms with Gasteiger partial charge in [-0.3, -0.25) is 9.78 Å². The van der Waals surface area contributed by atoms with Gasteiger partial charge in [-0.1, -0.05) is 0 Å². The van der Waals surface area contributed by atoms with E-state index in [0.717, 1.165) is 35.9 Å². The molecule has 0 radical (unpaired) electrons. The SMILES string of the molecule is Cc1cc2occ(CC(=O)N3CCCC(c4nnc(-c5cnccn5)o4)C3)c2cc1C. The first-order chi connectivity index (χ1) is 15.1. The van der Waals surface area contributed by atoms with Crippen LogP contribution in [0.4, 0.5) is 0 Å². The molecule has 0 bridgehead atoms. The maximum atomic E-state index is 13.1. The van der Waals surface area contributed by atoms with E-state index in [2.05, 4.69) is 40.1 Å². The zero-order valence-corrected chi connectivity index (χ0v) is 17.5. The highest BCUT2D eigenvalue weighted by molar-refractivity contribution is 5.88. The summed E-state index contributed by atoms with van der Waals surface area (Å²) in [4.78, 5) is 23.2. The molecule has 31 heavy (non-hydrogen) atoms. The number of carbonyl (C=O) groups is 1. The van der Waals surface area contributed by atoms with Gasteiger partial charge in [0.25, 0.3) is 5.89 Å². The first-order valence-electron chi connectivity index (χ1n) is 10.4. The highest BCUT2D eigenvalue weighted by Gasteiger charge is 2.29. The molecule has 4 aromatic rings. The lowest BCUT2D eigenvalue weighted by atomic mass is 9.97. The first kappa shape index (κ1) is 19.4. The van der Waals surface area contributed by atoms with Crippen molar-refractivity contribution >= 4 is 16.9 Å². The molecular formula is C23H23N5O3. The fraction of sp³-hybridized carbons (Fsp3) is 0.348. The van der Waals surface area contributed by atoms with Crippen molar-refractivity contribution < 1.29 is 13.6 Å². The first-order valence-corrected chi connectivity index (χ1v) is 10.4. The second-order valence-electron chi connectivity index (χ2n) is 8.09. The highest BCUT2D eigenvalue weighted by atomic mass is 16.4. The molecule has 1 aliphatic heterocycles. The molecule has 0 spiro atoms. The minimum absolute atomic E-state index is 0.0154. The lowest BCUT2D eigenvalue weighted by Gasteiger charge is -2.31. The van der Waals surface area contributed by atoms with E-state index in [9.17, 15) is 4.79 Å². The van der Waals surface area contributed by atoms with E-state index >= 15 is 0 Å². The largest absolute Gasteiger partial charge is 0.464 e. The van der Waals surface area contributed by atoms with E-state index in [1.54, 1.807) is 24.9 Å². The van der Waals surface area contributed by atoms with Gasteiger partial charge in [0.15, 0.2) is 0 Å². The maximum absolute atomic E-state index is 13.1. The van der Waals surface area contributed by atoms with Gasteiger partial charge in [-0.15, -0.1) is 10.2 Å². The lowest BCUT2D eigenvalue weighted by Crippen LogP contribution is -2.40. The number of furan rings is 1. The van der Waals surface area contributed by atoms with Gasteiger partial charge >= 0.3 is 0 Å². The summed E-state index contributed by atoms with van der Waals surface area (Å²) in [6.07, 6.45) is 8.58. The predicted octanol–water partition coefficient (Wildman–Crippen LogP) is 3.84. The summed E-state index contributed by atoms with van der Waals surface area (Å²) >= 11 is 0. The van der Waals surface area contributed by atoms with E-state index in [1.807, 2.05) is 11.0 Å². The van der Waals surface area contributed by atoms with Crippen LogP contribution in [0, 0.1) is 13.8 Å². The van der Waals surface area contributed by atoms with Crippen molar-refractivity contribution in [3.8, 4) is 11.6 Å². The van der Waals surface area contributed by atoms with Gasteiger partial charge < -0.3 is 13.7 Å². The molecular weight excluding hydrogens is 394 g/mol. The highest BCUT2D eigenvalue weighted by Crippen LogP contribution is 2.29. The third kappa shape index (κ3) is 3.81. The Hall–Kier alpha value is -3.55. The number of likely N-dealkylation sites (tertiary alicyclic amines) is 1. The molecule has 0 aliphatic carbocycles. The minimum atomic E-state index is 0.0154. The zero-order valence-electron chi connectivity index (χ0n) is 17.5. The molecule has 8 heteroatoms. The van der Waals surface area contributed by atoms with Crippen LogP contribution in [0.2, 0.25) is 0 Å². The molecule has 8 nitrogen and oxygen atoms in total.